The van der Waals surface area contributed by atoms with Gasteiger partial charge in [0.1, 0.15) is 5.82 Å². The molecule has 1 unspecified atom stereocenters. The Morgan fingerprint density at radius 2 is 1.59 bits per heavy atom. The average molecular weight is 234 g/mol. The quantitative estimate of drug-likeness (QED) is 0.839. The Labute approximate surface area is 103 Å². The molecule has 1 aliphatic heterocycles. The van der Waals surface area contributed by atoms with Gasteiger partial charge in [0, 0.05) is 37.6 Å². The molecule has 1 fully saturated rings. The lowest BCUT2D eigenvalue weighted by Gasteiger charge is -2.32. The fourth-order valence-corrected chi connectivity index (χ4v) is 2.22. The number of nitrogens with zero attached hydrogens (tertiary/aromatic N) is 3. The minimum absolute atomic E-state index is 0.315. The maximum absolute atomic E-state index is 4.64. The van der Waals surface area contributed by atoms with E-state index in [4.69, 9.17) is 0 Å². The summed E-state index contributed by atoms with van der Waals surface area (Å²) in [6.07, 6.45) is 0. The molecule has 4 heteroatoms. The lowest BCUT2D eigenvalue weighted by molar-refractivity contribution is 0.179. The maximum atomic E-state index is 4.64. The number of piperazine rings is 1. The molecule has 1 aliphatic rings. The zero-order valence-corrected chi connectivity index (χ0v) is 11.2. The van der Waals surface area contributed by atoms with Crippen molar-refractivity contribution in [3.8, 4) is 0 Å². The van der Waals surface area contributed by atoms with Crippen LogP contribution in [0.3, 0.4) is 0 Å². The number of aromatic nitrogens is 2. The molecule has 2 rings (SSSR count). The van der Waals surface area contributed by atoms with E-state index in [2.05, 4.69) is 47.9 Å². The van der Waals surface area contributed by atoms with E-state index < -0.39 is 0 Å². The lowest BCUT2D eigenvalue weighted by atomic mass is 10.1. The highest BCUT2D eigenvalue weighted by atomic mass is 15.2. The smallest absolute Gasteiger partial charge is 0.145 e. The Kier molecular flexibility index (Phi) is 3.74. The van der Waals surface area contributed by atoms with Crippen LogP contribution in [0, 0.1) is 20.8 Å². The fraction of sp³-hybridized carbons (Fsp3) is 0.692. The number of aryl methyl sites for hydroxylation is 2. The maximum Gasteiger partial charge on any atom is 0.145 e. The van der Waals surface area contributed by atoms with E-state index in [1.54, 1.807) is 0 Å². The van der Waals surface area contributed by atoms with Gasteiger partial charge < -0.3 is 5.32 Å². The van der Waals surface area contributed by atoms with Crippen molar-refractivity contribution < 1.29 is 0 Å². The Morgan fingerprint density at radius 3 is 2.12 bits per heavy atom. The second-order valence-electron chi connectivity index (χ2n) is 4.84. The predicted molar refractivity (Wildman–Crippen MR) is 69.1 cm³/mol. The van der Waals surface area contributed by atoms with Gasteiger partial charge in [0.05, 0.1) is 6.04 Å². The van der Waals surface area contributed by atoms with Crippen molar-refractivity contribution in [3.63, 3.8) is 0 Å². The molecule has 0 saturated carbocycles. The van der Waals surface area contributed by atoms with Crippen LogP contribution >= 0.6 is 0 Å². The SMILES string of the molecule is Cc1nc(C(C)N2CCNCC2)nc(C)c1C. The monoisotopic (exact) mass is 234 g/mol. The Morgan fingerprint density at radius 1 is 1.06 bits per heavy atom. The molecule has 0 aromatic carbocycles. The molecule has 17 heavy (non-hydrogen) atoms. The Bertz CT molecular complexity index is 373. The van der Waals surface area contributed by atoms with Gasteiger partial charge in [0.2, 0.25) is 0 Å². The van der Waals surface area contributed by atoms with Crippen LogP contribution in [0.1, 0.15) is 35.7 Å². The topological polar surface area (TPSA) is 41.1 Å². The summed E-state index contributed by atoms with van der Waals surface area (Å²) >= 11 is 0. The molecule has 0 bridgehead atoms. The van der Waals surface area contributed by atoms with E-state index in [1.165, 1.54) is 5.56 Å². The van der Waals surface area contributed by atoms with Gasteiger partial charge in [-0.25, -0.2) is 9.97 Å². The number of hydrogen-bond donors (Lipinski definition) is 1. The van der Waals surface area contributed by atoms with Gasteiger partial charge in [-0.15, -0.1) is 0 Å². The van der Waals surface area contributed by atoms with Crippen LogP contribution in [0.4, 0.5) is 0 Å². The standard InChI is InChI=1S/C13H22N4/c1-9-10(2)15-13(16-11(9)3)12(4)17-7-5-14-6-8-17/h12,14H,5-8H2,1-4H3. The van der Waals surface area contributed by atoms with Crippen LogP contribution in [0.5, 0.6) is 0 Å². The third kappa shape index (κ3) is 2.64. The van der Waals surface area contributed by atoms with Gasteiger partial charge in [-0.3, -0.25) is 4.90 Å². The molecule has 1 aromatic rings. The summed E-state index contributed by atoms with van der Waals surface area (Å²) in [6, 6.07) is 0.315. The molecular formula is C13H22N4. The van der Waals surface area contributed by atoms with Crippen LogP contribution in [0.2, 0.25) is 0 Å². The highest BCUT2D eigenvalue weighted by molar-refractivity contribution is 5.22. The van der Waals surface area contributed by atoms with E-state index in [0.29, 0.717) is 6.04 Å². The van der Waals surface area contributed by atoms with Gasteiger partial charge in [0.25, 0.3) is 0 Å². The minimum Gasteiger partial charge on any atom is -0.314 e. The van der Waals surface area contributed by atoms with Crippen molar-refractivity contribution in [1.82, 2.24) is 20.2 Å². The summed E-state index contributed by atoms with van der Waals surface area (Å²) in [5.41, 5.74) is 3.42. The number of rotatable bonds is 2. The summed E-state index contributed by atoms with van der Waals surface area (Å²) in [5, 5.41) is 3.37. The molecule has 2 heterocycles. The molecule has 0 spiro atoms. The van der Waals surface area contributed by atoms with Gasteiger partial charge in [-0.1, -0.05) is 0 Å². The third-order valence-electron chi connectivity index (χ3n) is 3.72. The van der Waals surface area contributed by atoms with Gasteiger partial charge >= 0.3 is 0 Å². The summed E-state index contributed by atoms with van der Waals surface area (Å²) in [7, 11) is 0. The van der Waals surface area contributed by atoms with Gasteiger partial charge in [-0.2, -0.15) is 0 Å². The highest BCUT2D eigenvalue weighted by Gasteiger charge is 2.20. The normalized spacial score (nSPS) is 19.3. The molecule has 1 aromatic heterocycles. The first-order chi connectivity index (χ1) is 8.09. The molecule has 0 amide bonds. The van der Waals surface area contributed by atoms with Crippen molar-refractivity contribution in [2.75, 3.05) is 26.2 Å². The molecule has 0 aliphatic carbocycles. The number of nitrogens with one attached hydrogen (secondary N) is 1. The molecule has 94 valence electrons. The fourth-order valence-electron chi connectivity index (χ4n) is 2.22. The molecule has 0 radical (unpaired) electrons. The highest BCUT2D eigenvalue weighted by Crippen LogP contribution is 2.19. The zero-order valence-electron chi connectivity index (χ0n) is 11.2. The summed E-state index contributed by atoms with van der Waals surface area (Å²) < 4.78 is 0. The zero-order chi connectivity index (χ0) is 12.4. The van der Waals surface area contributed by atoms with Crippen molar-refractivity contribution >= 4 is 0 Å². The van der Waals surface area contributed by atoms with E-state index in [-0.39, 0.29) is 0 Å². The first-order valence-corrected chi connectivity index (χ1v) is 6.36. The molecule has 1 atom stereocenters. The van der Waals surface area contributed by atoms with Crippen LogP contribution in [-0.2, 0) is 0 Å². The second-order valence-corrected chi connectivity index (χ2v) is 4.84. The average Bonchev–Trinajstić information content (AvgIpc) is 2.35. The van der Waals surface area contributed by atoms with Crippen molar-refractivity contribution in [2.24, 2.45) is 0 Å². The van der Waals surface area contributed by atoms with E-state index in [9.17, 15) is 0 Å². The van der Waals surface area contributed by atoms with Crippen molar-refractivity contribution in [1.29, 1.82) is 0 Å². The number of hydrogen-bond acceptors (Lipinski definition) is 4. The van der Waals surface area contributed by atoms with Crippen molar-refractivity contribution in [2.45, 2.75) is 33.7 Å². The van der Waals surface area contributed by atoms with E-state index >= 15 is 0 Å². The van der Waals surface area contributed by atoms with Gasteiger partial charge in [0.15, 0.2) is 0 Å². The minimum atomic E-state index is 0.315. The Balaban J connectivity index is 2.21. The summed E-state index contributed by atoms with van der Waals surface area (Å²) in [4.78, 5) is 11.7. The van der Waals surface area contributed by atoms with Gasteiger partial charge in [-0.05, 0) is 33.3 Å². The first kappa shape index (κ1) is 12.5. The molecule has 1 saturated heterocycles. The predicted octanol–water partition coefficient (Wildman–Crippen LogP) is 1.37. The van der Waals surface area contributed by atoms with Crippen LogP contribution < -0.4 is 5.32 Å². The van der Waals surface area contributed by atoms with Crippen molar-refractivity contribution in [3.05, 3.63) is 22.8 Å². The molecular weight excluding hydrogens is 212 g/mol. The van der Waals surface area contributed by atoms with E-state index in [0.717, 1.165) is 43.4 Å². The molecule has 4 nitrogen and oxygen atoms in total. The van der Waals surface area contributed by atoms with Crippen LogP contribution in [0.25, 0.3) is 0 Å². The summed E-state index contributed by atoms with van der Waals surface area (Å²) in [5.74, 6) is 0.965. The Hall–Kier alpha value is -1.00. The van der Waals surface area contributed by atoms with E-state index in [1.807, 2.05) is 0 Å². The van der Waals surface area contributed by atoms with Crippen LogP contribution in [0.15, 0.2) is 0 Å². The largest absolute Gasteiger partial charge is 0.314 e. The second kappa shape index (κ2) is 5.10. The first-order valence-electron chi connectivity index (χ1n) is 6.36. The summed E-state index contributed by atoms with van der Waals surface area (Å²) in [6.45, 7) is 12.7. The third-order valence-corrected chi connectivity index (χ3v) is 3.72. The lowest BCUT2D eigenvalue weighted by Crippen LogP contribution is -2.44. The molecule has 1 N–H and O–H groups in total. The van der Waals surface area contributed by atoms with Crippen LogP contribution in [-0.4, -0.2) is 41.0 Å².